The van der Waals surface area contributed by atoms with E-state index in [0.29, 0.717) is 5.69 Å². The number of nitrogens with one attached hydrogen (secondary N) is 1. The molecular weight excluding hydrogens is 272 g/mol. The van der Waals surface area contributed by atoms with Crippen LogP contribution in [0.1, 0.15) is 5.69 Å². The third-order valence-electron chi connectivity index (χ3n) is 2.30. The Morgan fingerprint density at radius 3 is 2.50 bits per heavy atom. The van der Waals surface area contributed by atoms with E-state index < -0.39 is 10.0 Å². The van der Waals surface area contributed by atoms with E-state index in [1.165, 1.54) is 12.1 Å². The predicted molar refractivity (Wildman–Crippen MR) is 69.7 cm³/mol. The van der Waals surface area contributed by atoms with Crippen LogP contribution >= 0.6 is 11.6 Å². The number of nitrogens with zero attached hydrogens (tertiary/aromatic N) is 1. The second-order valence-corrected chi connectivity index (χ2v) is 5.72. The number of hydrogen-bond donors (Lipinski definition) is 1. The Balaban J connectivity index is 2.16. The van der Waals surface area contributed by atoms with Gasteiger partial charge in [0.15, 0.2) is 0 Å². The summed E-state index contributed by atoms with van der Waals surface area (Å²) in [4.78, 5) is 4.11. The van der Waals surface area contributed by atoms with Gasteiger partial charge in [0.1, 0.15) is 4.90 Å². The van der Waals surface area contributed by atoms with E-state index in [-0.39, 0.29) is 16.5 Å². The maximum Gasteiger partial charge on any atom is 0.242 e. The van der Waals surface area contributed by atoms with E-state index in [9.17, 15) is 8.42 Å². The maximum atomic E-state index is 12.0. The molecule has 0 spiro atoms. The SMILES string of the molecule is O=S(=O)(NCc1ccccn1)c1ccccc1Cl. The molecule has 1 aromatic heterocycles. The van der Waals surface area contributed by atoms with Crippen molar-refractivity contribution in [3.05, 3.63) is 59.4 Å². The van der Waals surface area contributed by atoms with Crippen LogP contribution in [0.2, 0.25) is 5.02 Å². The molecule has 0 aliphatic rings. The number of rotatable bonds is 4. The largest absolute Gasteiger partial charge is 0.260 e. The van der Waals surface area contributed by atoms with Gasteiger partial charge < -0.3 is 0 Å². The highest BCUT2D eigenvalue weighted by Gasteiger charge is 2.16. The van der Waals surface area contributed by atoms with E-state index in [4.69, 9.17) is 11.6 Å². The Morgan fingerprint density at radius 1 is 1.11 bits per heavy atom. The lowest BCUT2D eigenvalue weighted by atomic mass is 10.4. The second-order valence-electron chi connectivity index (χ2n) is 3.58. The third kappa shape index (κ3) is 3.07. The highest BCUT2D eigenvalue weighted by atomic mass is 35.5. The standard InChI is InChI=1S/C12H11ClN2O2S/c13-11-6-1-2-7-12(11)18(16,17)15-9-10-5-3-4-8-14-10/h1-8,15H,9H2. The fourth-order valence-electron chi connectivity index (χ4n) is 1.41. The van der Waals surface area contributed by atoms with Gasteiger partial charge in [-0.3, -0.25) is 4.98 Å². The molecule has 0 amide bonds. The fraction of sp³-hybridized carbons (Fsp3) is 0.0833. The van der Waals surface area contributed by atoms with Crippen molar-refractivity contribution in [3.8, 4) is 0 Å². The van der Waals surface area contributed by atoms with Gasteiger partial charge in [-0.25, -0.2) is 13.1 Å². The van der Waals surface area contributed by atoms with Crippen LogP contribution in [0.3, 0.4) is 0 Å². The summed E-state index contributed by atoms with van der Waals surface area (Å²) < 4.78 is 26.5. The van der Waals surface area contributed by atoms with Crippen molar-refractivity contribution in [2.45, 2.75) is 11.4 Å². The summed E-state index contributed by atoms with van der Waals surface area (Å²) >= 11 is 5.86. The molecule has 4 nitrogen and oxygen atoms in total. The van der Waals surface area contributed by atoms with E-state index in [2.05, 4.69) is 9.71 Å². The van der Waals surface area contributed by atoms with Crippen LogP contribution in [-0.4, -0.2) is 13.4 Å². The van der Waals surface area contributed by atoms with Crippen molar-refractivity contribution in [2.75, 3.05) is 0 Å². The van der Waals surface area contributed by atoms with Crippen LogP contribution in [0.25, 0.3) is 0 Å². The number of aromatic nitrogens is 1. The van der Waals surface area contributed by atoms with Crippen LogP contribution < -0.4 is 4.72 Å². The average Bonchev–Trinajstić information content (AvgIpc) is 2.38. The van der Waals surface area contributed by atoms with Gasteiger partial charge in [0.25, 0.3) is 0 Å². The van der Waals surface area contributed by atoms with Crippen LogP contribution in [0, 0.1) is 0 Å². The van der Waals surface area contributed by atoms with E-state index in [0.717, 1.165) is 0 Å². The number of sulfonamides is 1. The molecule has 2 rings (SSSR count). The minimum atomic E-state index is -3.61. The van der Waals surface area contributed by atoms with E-state index >= 15 is 0 Å². The van der Waals surface area contributed by atoms with Crippen LogP contribution in [0.5, 0.6) is 0 Å². The van der Waals surface area contributed by atoms with Gasteiger partial charge in [-0.15, -0.1) is 0 Å². The van der Waals surface area contributed by atoms with Gasteiger partial charge in [-0.2, -0.15) is 0 Å². The monoisotopic (exact) mass is 282 g/mol. The summed E-state index contributed by atoms with van der Waals surface area (Å²) in [7, 11) is -3.61. The topological polar surface area (TPSA) is 59.1 Å². The van der Waals surface area contributed by atoms with Gasteiger partial charge >= 0.3 is 0 Å². The molecule has 18 heavy (non-hydrogen) atoms. The molecular formula is C12H11ClN2O2S. The van der Waals surface area contributed by atoms with Crippen molar-refractivity contribution < 1.29 is 8.42 Å². The lowest BCUT2D eigenvalue weighted by molar-refractivity contribution is 0.580. The van der Waals surface area contributed by atoms with Gasteiger partial charge in [-0.05, 0) is 24.3 Å². The summed E-state index contributed by atoms with van der Waals surface area (Å²) in [5.74, 6) is 0. The predicted octanol–water partition coefficient (Wildman–Crippen LogP) is 2.21. The molecule has 0 fully saturated rings. The first kappa shape index (κ1) is 13.0. The molecule has 1 aromatic carbocycles. The molecule has 0 atom stereocenters. The third-order valence-corrected chi connectivity index (χ3v) is 4.20. The van der Waals surface area contributed by atoms with Crippen molar-refractivity contribution >= 4 is 21.6 Å². The van der Waals surface area contributed by atoms with Crippen LogP contribution in [0.4, 0.5) is 0 Å². The summed E-state index contributed by atoms with van der Waals surface area (Å²) in [6, 6.07) is 11.6. The lowest BCUT2D eigenvalue weighted by Gasteiger charge is -2.07. The first-order valence-electron chi connectivity index (χ1n) is 5.24. The smallest absolute Gasteiger partial charge is 0.242 e. The molecule has 0 unspecified atom stereocenters. The molecule has 0 saturated heterocycles. The number of benzene rings is 1. The van der Waals surface area contributed by atoms with Crippen molar-refractivity contribution in [1.82, 2.24) is 9.71 Å². The average molecular weight is 283 g/mol. The van der Waals surface area contributed by atoms with Gasteiger partial charge in [0.05, 0.1) is 17.3 Å². The Bertz CT molecular complexity index is 630. The molecule has 0 radical (unpaired) electrons. The number of halogens is 1. The Labute approximate surface area is 111 Å². The molecule has 0 aliphatic carbocycles. The fourth-order valence-corrected chi connectivity index (χ4v) is 2.93. The van der Waals surface area contributed by atoms with E-state index in [1.807, 2.05) is 0 Å². The number of pyridine rings is 1. The zero-order valence-electron chi connectivity index (χ0n) is 9.38. The molecule has 0 aliphatic heterocycles. The van der Waals surface area contributed by atoms with Crippen molar-refractivity contribution in [1.29, 1.82) is 0 Å². The molecule has 0 saturated carbocycles. The number of hydrogen-bond acceptors (Lipinski definition) is 3. The summed E-state index contributed by atoms with van der Waals surface area (Å²) in [6.07, 6.45) is 1.61. The molecule has 2 aromatic rings. The Kier molecular flexibility index (Phi) is 3.96. The highest BCUT2D eigenvalue weighted by Crippen LogP contribution is 2.20. The maximum absolute atomic E-state index is 12.0. The van der Waals surface area contributed by atoms with Crippen molar-refractivity contribution in [2.24, 2.45) is 0 Å². The molecule has 1 N–H and O–H groups in total. The quantitative estimate of drug-likeness (QED) is 0.935. The first-order valence-corrected chi connectivity index (χ1v) is 7.10. The van der Waals surface area contributed by atoms with Gasteiger partial charge in [0, 0.05) is 6.20 Å². The normalized spacial score (nSPS) is 11.4. The summed E-state index contributed by atoms with van der Waals surface area (Å²) in [5, 5.41) is 0.200. The second kappa shape index (κ2) is 5.48. The first-order chi connectivity index (χ1) is 8.59. The molecule has 6 heteroatoms. The minimum Gasteiger partial charge on any atom is -0.260 e. The summed E-state index contributed by atoms with van der Waals surface area (Å²) in [5.41, 5.74) is 0.646. The Hall–Kier alpha value is -1.43. The van der Waals surface area contributed by atoms with Crippen LogP contribution in [0.15, 0.2) is 53.6 Å². The van der Waals surface area contributed by atoms with Gasteiger partial charge in [-0.1, -0.05) is 29.8 Å². The lowest BCUT2D eigenvalue weighted by Crippen LogP contribution is -2.23. The zero-order valence-corrected chi connectivity index (χ0v) is 10.9. The highest BCUT2D eigenvalue weighted by molar-refractivity contribution is 7.89. The minimum absolute atomic E-state index is 0.0718. The van der Waals surface area contributed by atoms with E-state index in [1.54, 1.807) is 36.5 Å². The molecule has 94 valence electrons. The van der Waals surface area contributed by atoms with Crippen molar-refractivity contribution in [3.63, 3.8) is 0 Å². The Morgan fingerprint density at radius 2 is 1.83 bits per heavy atom. The summed E-state index contributed by atoms with van der Waals surface area (Å²) in [6.45, 7) is 0.133. The van der Waals surface area contributed by atoms with Gasteiger partial charge in [0.2, 0.25) is 10.0 Å². The zero-order chi connectivity index (χ0) is 13.0. The molecule has 1 heterocycles. The molecule has 0 bridgehead atoms. The van der Waals surface area contributed by atoms with Crippen LogP contribution in [-0.2, 0) is 16.6 Å².